The first-order valence-electron chi connectivity index (χ1n) is 9.75. The van der Waals surface area contributed by atoms with Crippen molar-refractivity contribution in [1.82, 2.24) is 4.90 Å². The lowest BCUT2D eigenvalue weighted by atomic mass is 10.1. The standard InChI is InChI=1S/C22H23N3O4S/c1-29-18-9-7-16(8-10-18)23-21(27)19-13-30-14-25(19)22(28)15-11-20(26)24(12-15)17-5-3-2-4-6-17/h2-10,15,19H,11-14H2,1H3,(H,23,27). The van der Waals surface area contributed by atoms with Gasteiger partial charge in [-0.1, -0.05) is 18.2 Å². The summed E-state index contributed by atoms with van der Waals surface area (Å²) < 4.78 is 5.13. The Kier molecular flexibility index (Phi) is 5.94. The lowest BCUT2D eigenvalue weighted by Crippen LogP contribution is -2.47. The number of nitrogens with one attached hydrogen (secondary N) is 1. The van der Waals surface area contributed by atoms with Crippen molar-refractivity contribution in [3.63, 3.8) is 0 Å². The van der Waals surface area contributed by atoms with Crippen LogP contribution >= 0.6 is 11.8 Å². The van der Waals surface area contributed by atoms with Crippen LogP contribution in [0.5, 0.6) is 5.75 Å². The van der Waals surface area contributed by atoms with Gasteiger partial charge in [0.2, 0.25) is 17.7 Å². The summed E-state index contributed by atoms with van der Waals surface area (Å²) in [6.07, 6.45) is 0.168. The molecule has 3 amide bonds. The van der Waals surface area contributed by atoms with Crippen molar-refractivity contribution in [1.29, 1.82) is 0 Å². The fourth-order valence-corrected chi connectivity index (χ4v) is 4.91. The van der Waals surface area contributed by atoms with E-state index >= 15 is 0 Å². The van der Waals surface area contributed by atoms with Gasteiger partial charge in [0.15, 0.2) is 0 Å². The highest BCUT2D eigenvalue weighted by Crippen LogP contribution is 2.30. The van der Waals surface area contributed by atoms with Crippen molar-refractivity contribution in [3.05, 3.63) is 54.6 Å². The Balaban J connectivity index is 1.42. The second-order valence-corrected chi connectivity index (χ2v) is 8.28. The number of thioether (sulfide) groups is 1. The summed E-state index contributed by atoms with van der Waals surface area (Å²) in [5, 5.41) is 2.87. The zero-order chi connectivity index (χ0) is 21.1. The molecular weight excluding hydrogens is 402 g/mol. The van der Waals surface area contributed by atoms with Crippen LogP contribution in [0.2, 0.25) is 0 Å². The third kappa shape index (κ3) is 4.14. The van der Waals surface area contributed by atoms with Gasteiger partial charge in [-0.15, -0.1) is 11.8 Å². The largest absolute Gasteiger partial charge is 0.497 e. The fourth-order valence-electron chi connectivity index (χ4n) is 3.74. The summed E-state index contributed by atoms with van der Waals surface area (Å²) in [6, 6.07) is 15.9. The molecule has 0 aliphatic carbocycles. The molecule has 30 heavy (non-hydrogen) atoms. The van der Waals surface area contributed by atoms with E-state index in [4.69, 9.17) is 4.74 Å². The summed E-state index contributed by atoms with van der Waals surface area (Å²) >= 11 is 1.55. The molecule has 0 radical (unpaired) electrons. The second-order valence-electron chi connectivity index (χ2n) is 7.28. The van der Waals surface area contributed by atoms with Gasteiger partial charge >= 0.3 is 0 Å². The van der Waals surface area contributed by atoms with Crippen LogP contribution in [0.4, 0.5) is 11.4 Å². The van der Waals surface area contributed by atoms with Gasteiger partial charge in [-0.25, -0.2) is 0 Å². The maximum absolute atomic E-state index is 13.2. The number of methoxy groups -OCH3 is 1. The number of hydrogen-bond acceptors (Lipinski definition) is 5. The minimum Gasteiger partial charge on any atom is -0.497 e. The van der Waals surface area contributed by atoms with E-state index in [1.54, 1.807) is 52.9 Å². The zero-order valence-electron chi connectivity index (χ0n) is 16.6. The zero-order valence-corrected chi connectivity index (χ0v) is 17.4. The molecule has 2 unspecified atom stereocenters. The Morgan fingerprint density at radius 2 is 1.83 bits per heavy atom. The number of carbonyl (C=O) groups is 3. The molecule has 2 aromatic carbocycles. The maximum atomic E-state index is 13.2. The summed E-state index contributed by atoms with van der Waals surface area (Å²) in [5.74, 6) is 0.838. The molecule has 0 bridgehead atoms. The number of carbonyl (C=O) groups excluding carboxylic acids is 3. The van der Waals surface area contributed by atoms with Crippen molar-refractivity contribution in [3.8, 4) is 5.75 Å². The van der Waals surface area contributed by atoms with Crippen LogP contribution in [0.3, 0.4) is 0 Å². The van der Waals surface area contributed by atoms with E-state index in [9.17, 15) is 14.4 Å². The van der Waals surface area contributed by atoms with Gasteiger partial charge < -0.3 is 19.9 Å². The van der Waals surface area contributed by atoms with Crippen molar-refractivity contribution < 1.29 is 19.1 Å². The second kappa shape index (κ2) is 8.79. The van der Waals surface area contributed by atoms with Crippen molar-refractivity contribution in [2.75, 3.05) is 35.5 Å². The average molecular weight is 426 g/mol. The summed E-state index contributed by atoms with van der Waals surface area (Å²) in [7, 11) is 1.58. The van der Waals surface area contributed by atoms with E-state index in [0.29, 0.717) is 29.6 Å². The van der Waals surface area contributed by atoms with E-state index in [-0.39, 0.29) is 24.1 Å². The number of hydrogen-bond donors (Lipinski definition) is 1. The Labute approximate surface area is 179 Å². The Hall–Kier alpha value is -3.00. The Morgan fingerprint density at radius 3 is 2.53 bits per heavy atom. The third-order valence-electron chi connectivity index (χ3n) is 5.37. The molecule has 1 N–H and O–H groups in total. The minimum atomic E-state index is -0.550. The summed E-state index contributed by atoms with van der Waals surface area (Å²) in [6.45, 7) is 0.343. The molecule has 8 heteroatoms. The molecular formula is C22H23N3O4S. The lowest BCUT2D eigenvalue weighted by molar-refractivity contribution is -0.139. The predicted octanol–water partition coefficient (Wildman–Crippen LogP) is 2.59. The quantitative estimate of drug-likeness (QED) is 0.797. The average Bonchev–Trinajstić information content (AvgIpc) is 3.41. The predicted molar refractivity (Wildman–Crippen MR) is 116 cm³/mol. The minimum absolute atomic E-state index is 0.0642. The van der Waals surface area contributed by atoms with Crippen LogP contribution < -0.4 is 15.0 Å². The van der Waals surface area contributed by atoms with Crippen LogP contribution in [-0.2, 0) is 14.4 Å². The maximum Gasteiger partial charge on any atom is 0.248 e. The molecule has 2 aliphatic rings. The van der Waals surface area contributed by atoms with E-state index in [1.165, 1.54) is 0 Å². The first-order valence-corrected chi connectivity index (χ1v) is 10.9. The Morgan fingerprint density at radius 1 is 1.10 bits per heavy atom. The molecule has 7 nitrogen and oxygen atoms in total. The summed E-state index contributed by atoms with van der Waals surface area (Å²) in [4.78, 5) is 41.7. The molecule has 2 aliphatic heterocycles. The van der Waals surface area contributed by atoms with Crippen LogP contribution in [0.25, 0.3) is 0 Å². The van der Waals surface area contributed by atoms with E-state index in [2.05, 4.69) is 5.32 Å². The van der Waals surface area contributed by atoms with Crippen LogP contribution in [0.15, 0.2) is 54.6 Å². The first-order chi connectivity index (χ1) is 14.6. The molecule has 0 saturated carbocycles. The van der Waals surface area contributed by atoms with Gasteiger partial charge in [-0.05, 0) is 36.4 Å². The third-order valence-corrected chi connectivity index (χ3v) is 6.38. The van der Waals surface area contributed by atoms with E-state index in [0.717, 1.165) is 5.69 Å². The van der Waals surface area contributed by atoms with E-state index in [1.807, 2.05) is 30.3 Å². The number of amides is 3. The van der Waals surface area contributed by atoms with Gasteiger partial charge in [0.1, 0.15) is 11.8 Å². The highest BCUT2D eigenvalue weighted by atomic mass is 32.2. The number of ether oxygens (including phenoxy) is 1. The molecule has 0 spiro atoms. The normalized spacial score (nSPS) is 21.0. The monoisotopic (exact) mass is 425 g/mol. The van der Waals surface area contributed by atoms with Crippen LogP contribution in [-0.4, -0.2) is 53.9 Å². The first kappa shape index (κ1) is 20.3. The topological polar surface area (TPSA) is 79.0 Å². The molecule has 156 valence electrons. The van der Waals surface area contributed by atoms with Crippen molar-refractivity contribution in [2.45, 2.75) is 12.5 Å². The van der Waals surface area contributed by atoms with Gasteiger partial charge in [0.25, 0.3) is 0 Å². The number of anilines is 2. The van der Waals surface area contributed by atoms with Gasteiger partial charge in [0, 0.05) is 30.1 Å². The van der Waals surface area contributed by atoms with Crippen molar-refractivity contribution >= 4 is 40.9 Å². The molecule has 4 rings (SSSR count). The van der Waals surface area contributed by atoms with Crippen LogP contribution in [0, 0.1) is 5.92 Å². The molecule has 2 heterocycles. The number of benzene rings is 2. The number of para-hydroxylation sites is 1. The molecule has 2 saturated heterocycles. The Bertz CT molecular complexity index is 935. The lowest BCUT2D eigenvalue weighted by Gasteiger charge is -2.26. The smallest absolute Gasteiger partial charge is 0.248 e. The van der Waals surface area contributed by atoms with Gasteiger partial charge in [0.05, 0.1) is 18.9 Å². The number of nitrogens with zero attached hydrogens (tertiary/aromatic N) is 2. The molecule has 2 atom stereocenters. The highest BCUT2D eigenvalue weighted by molar-refractivity contribution is 7.99. The molecule has 2 fully saturated rings. The van der Waals surface area contributed by atoms with Crippen LogP contribution in [0.1, 0.15) is 6.42 Å². The SMILES string of the molecule is COc1ccc(NC(=O)C2CSCN2C(=O)C2CC(=O)N(c3ccccc3)C2)cc1. The highest BCUT2D eigenvalue weighted by Gasteiger charge is 2.42. The molecule has 2 aromatic rings. The van der Waals surface area contributed by atoms with Crippen molar-refractivity contribution in [2.24, 2.45) is 5.92 Å². The fraction of sp³-hybridized carbons (Fsp3) is 0.318. The molecule has 0 aromatic heterocycles. The summed E-state index contributed by atoms with van der Waals surface area (Å²) in [5.41, 5.74) is 1.44. The van der Waals surface area contributed by atoms with Gasteiger partial charge in [-0.2, -0.15) is 0 Å². The number of rotatable bonds is 5. The van der Waals surface area contributed by atoms with Gasteiger partial charge in [-0.3, -0.25) is 14.4 Å². The van der Waals surface area contributed by atoms with E-state index < -0.39 is 12.0 Å².